The highest BCUT2D eigenvalue weighted by Crippen LogP contribution is 2.68. The average molecular weight is 374 g/mol. The van der Waals surface area contributed by atoms with Crippen LogP contribution in [0.3, 0.4) is 0 Å². The van der Waals surface area contributed by atoms with Crippen LogP contribution in [0.25, 0.3) is 11.0 Å². The number of anilines is 1. The zero-order valence-electron chi connectivity index (χ0n) is 18.4. The number of pyridine rings is 1. The fraction of sp³-hybridized carbons (Fsp3) is 0.480. The van der Waals surface area contributed by atoms with Crippen LogP contribution in [0.2, 0.25) is 0 Å². The van der Waals surface area contributed by atoms with E-state index in [0.717, 1.165) is 5.52 Å². The van der Waals surface area contributed by atoms with Gasteiger partial charge in [-0.25, -0.2) is 0 Å². The Kier molecular flexibility index (Phi) is 3.18. The molecule has 0 fully saturated rings. The van der Waals surface area contributed by atoms with E-state index in [9.17, 15) is 0 Å². The molecule has 3 heteroatoms. The zero-order chi connectivity index (χ0) is 20.2. The Bertz CT molecular complexity index is 1130. The van der Waals surface area contributed by atoms with Crippen molar-refractivity contribution in [3.63, 3.8) is 0 Å². The second kappa shape index (κ2) is 5.00. The molecule has 0 saturated carbocycles. The van der Waals surface area contributed by atoms with Gasteiger partial charge in [-0.2, -0.15) is 0 Å². The molecule has 3 nitrogen and oxygen atoms in total. The molecule has 3 aromatic rings. The van der Waals surface area contributed by atoms with Crippen LogP contribution in [-0.4, -0.2) is 9.55 Å². The number of para-hydroxylation sites is 1. The fourth-order valence-electron chi connectivity index (χ4n) is 6.35. The Balaban J connectivity index is 1.97. The number of nitrogens with zero attached hydrogens (tertiary/aromatic N) is 3. The van der Waals surface area contributed by atoms with Gasteiger partial charge < -0.3 is 9.47 Å². The Morgan fingerprint density at radius 3 is 2.43 bits per heavy atom. The topological polar surface area (TPSA) is 21.1 Å². The lowest BCUT2D eigenvalue weighted by Gasteiger charge is -2.62. The minimum absolute atomic E-state index is 0.0163. The molecule has 5 rings (SSSR count). The van der Waals surface area contributed by atoms with Gasteiger partial charge in [-0.05, 0) is 49.4 Å². The zero-order valence-corrected chi connectivity index (χ0v) is 18.4. The first kappa shape index (κ1) is 17.8. The van der Waals surface area contributed by atoms with Gasteiger partial charge in [0.2, 0.25) is 0 Å². The molecule has 0 amide bonds. The maximum absolute atomic E-state index is 4.83. The Hall–Kier alpha value is -2.29. The van der Waals surface area contributed by atoms with E-state index in [-0.39, 0.29) is 22.4 Å². The van der Waals surface area contributed by atoms with E-state index in [1.807, 2.05) is 6.20 Å². The molecule has 0 spiro atoms. The number of rotatable bonds is 0. The van der Waals surface area contributed by atoms with Crippen molar-refractivity contribution in [2.75, 3.05) is 4.90 Å². The maximum atomic E-state index is 4.83. The van der Waals surface area contributed by atoms with Crippen LogP contribution in [0.15, 0.2) is 36.5 Å². The second-order valence-corrected chi connectivity index (χ2v) is 10.0. The molecule has 2 aliphatic rings. The van der Waals surface area contributed by atoms with Crippen molar-refractivity contribution in [3.05, 3.63) is 58.9 Å². The number of hydrogen-bond donors (Lipinski definition) is 0. The van der Waals surface area contributed by atoms with E-state index in [0.29, 0.717) is 0 Å². The van der Waals surface area contributed by atoms with Crippen LogP contribution < -0.4 is 4.90 Å². The lowest BCUT2D eigenvalue weighted by Crippen LogP contribution is -2.62. The summed E-state index contributed by atoms with van der Waals surface area (Å²) >= 11 is 0. The normalized spacial score (nSPS) is 26.9. The molecule has 1 aromatic carbocycles. The first-order chi connectivity index (χ1) is 13.1. The highest BCUT2D eigenvalue weighted by atomic mass is 15.3. The third kappa shape index (κ3) is 1.63. The van der Waals surface area contributed by atoms with Crippen molar-refractivity contribution in [2.24, 2.45) is 12.5 Å². The summed E-state index contributed by atoms with van der Waals surface area (Å²) in [6.45, 7) is 16.9. The van der Waals surface area contributed by atoms with Crippen molar-refractivity contribution in [3.8, 4) is 0 Å². The fourth-order valence-corrected chi connectivity index (χ4v) is 6.35. The molecule has 2 aliphatic heterocycles. The molecular weight excluding hydrogens is 342 g/mol. The van der Waals surface area contributed by atoms with Crippen LogP contribution >= 0.6 is 0 Å². The van der Waals surface area contributed by atoms with Gasteiger partial charge in [0.15, 0.2) is 0 Å². The molecule has 2 aromatic heterocycles. The van der Waals surface area contributed by atoms with E-state index in [2.05, 4.69) is 95.3 Å². The third-order valence-electron chi connectivity index (χ3n) is 8.67. The number of fused-ring (bicyclic) bond motifs is 7. The minimum Gasteiger partial charge on any atom is -0.353 e. The van der Waals surface area contributed by atoms with Crippen LogP contribution in [0, 0.1) is 12.3 Å². The van der Waals surface area contributed by atoms with Crippen molar-refractivity contribution in [1.82, 2.24) is 9.55 Å². The van der Waals surface area contributed by atoms with Crippen LogP contribution in [0.1, 0.15) is 70.0 Å². The largest absolute Gasteiger partial charge is 0.353 e. The molecule has 28 heavy (non-hydrogen) atoms. The van der Waals surface area contributed by atoms with Gasteiger partial charge in [0.25, 0.3) is 0 Å². The van der Waals surface area contributed by atoms with E-state index >= 15 is 0 Å². The van der Waals surface area contributed by atoms with Crippen molar-refractivity contribution >= 4 is 16.7 Å². The molecule has 2 atom stereocenters. The molecular formula is C25H31N3. The van der Waals surface area contributed by atoms with E-state index in [1.54, 1.807) is 0 Å². The third-order valence-corrected chi connectivity index (χ3v) is 8.67. The van der Waals surface area contributed by atoms with Crippen LogP contribution in [0.4, 0.5) is 5.69 Å². The van der Waals surface area contributed by atoms with Crippen molar-refractivity contribution < 1.29 is 0 Å². The summed E-state index contributed by atoms with van der Waals surface area (Å²) in [4.78, 5) is 7.54. The average Bonchev–Trinajstić information content (AvgIpc) is 3.07. The summed E-state index contributed by atoms with van der Waals surface area (Å²) in [6, 6.07) is 11.4. The van der Waals surface area contributed by atoms with Crippen molar-refractivity contribution in [2.45, 2.75) is 65.5 Å². The summed E-state index contributed by atoms with van der Waals surface area (Å²) in [5, 5.41) is 0. The number of benzene rings is 1. The van der Waals surface area contributed by atoms with Crippen LogP contribution in [-0.2, 0) is 18.0 Å². The highest BCUT2D eigenvalue weighted by molar-refractivity contribution is 5.87. The van der Waals surface area contributed by atoms with Gasteiger partial charge in [0, 0.05) is 29.9 Å². The SMILES string of the molecule is Cc1cccc2c1N1[C@@H](C)c3c(n(C)c4cccnc34)C1(C)C(C)(C)C2(C)C. The molecule has 0 radical (unpaired) electrons. The molecule has 1 unspecified atom stereocenters. The lowest BCUT2D eigenvalue weighted by molar-refractivity contribution is 0.0608. The summed E-state index contributed by atoms with van der Waals surface area (Å²) in [7, 11) is 2.22. The summed E-state index contributed by atoms with van der Waals surface area (Å²) in [6.07, 6.45) is 1.93. The number of hydrogen-bond acceptors (Lipinski definition) is 2. The van der Waals surface area contributed by atoms with Gasteiger partial charge in [-0.15, -0.1) is 0 Å². The second-order valence-electron chi connectivity index (χ2n) is 10.0. The summed E-state index contributed by atoms with van der Waals surface area (Å²) in [5.41, 5.74) is 9.41. The molecule has 0 bridgehead atoms. The predicted octanol–water partition coefficient (Wildman–Crippen LogP) is 6.00. The number of aryl methyl sites for hydroxylation is 2. The smallest absolute Gasteiger partial charge is 0.0937 e. The van der Waals surface area contributed by atoms with Gasteiger partial charge in [0.1, 0.15) is 0 Å². The standard InChI is InChI=1S/C25H31N3/c1-15-11-9-12-17-21(15)28-16(2)19-20-18(13-10-14-26-20)27(8)22(19)25(28,7)24(5,6)23(17,3)4/h9-14,16H,1-8H3/t16-,25?/m0/s1. The minimum atomic E-state index is -0.125. The van der Waals surface area contributed by atoms with E-state index in [1.165, 1.54) is 33.6 Å². The molecule has 146 valence electrons. The highest BCUT2D eigenvalue weighted by Gasteiger charge is 2.65. The van der Waals surface area contributed by atoms with Gasteiger partial charge in [-0.3, -0.25) is 4.98 Å². The van der Waals surface area contributed by atoms with E-state index in [4.69, 9.17) is 4.98 Å². The van der Waals surface area contributed by atoms with Crippen LogP contribution in [0.5, 0.6) is 0 Å². The monoisotopic (exact) mass is 373 g/mol. The quantitative estimate of drug-likeness (QED) is 0.482. The molecule has 0 aliphatic carbocycles. The summed E-state index contributed by atoms with van der Waals surface area (Å²) < 4.78 is 2.41. The first-order valence-corrected chi connectivity index (χ1v) is 10.4. The van der Waals surface area contributed by atoms with Gasteiger partial charge >= 0.3 is 0 Å². The van der Waals surface area contributed by atoms with Crippen molar-refractivity contribution in [1.29, 1.82) is 0 Å². The Morgan fingerprint density at radius 2 is 1.71 bits per heavy atom. The predicted molar refractivity (Wildman–Crippen MR) is 117 cm³/mol. The Labute approximate surface area is 168 Å². The van der Waals surface area contributed by atoms with Gasteiger partial charge in [-0.1, -0.05) is 45.9 Å². The van der Waals surface area contributed by atoms with Gasteiger partial charge in [0.05, 0.1) is 28.3 Å². The van der Waals surface area contributed by atoms with E-state index < -0.39 is 0 Å². The first-order valence-electron chi connectivity index (χ1n) is 10.4. The Morgan fingerprint density at radius 1 is 1.00 bits per heavy atom. The maximum Gasteiger partial charge on any atom is 0.0937 e. The summed E-state index contributed by atoms with van der Waals surface area (Å²) in [5.74, 6) is 0. The lowest BCUT2D eigenvalue weighted by atomic mass is 9.52. The molecule has 0 N–H and O–H groups in total. The number of aromatic nitrogens is 2. The molecule has 4 heterocycles. The molecule has 0 saturated heterocycles.